The molecule has 0 aliphatic heterocycles. The first-order valence-corrected chi connectivity index (χ1v) is 12.8. The van der Waals surface area contributed by atoms with Gasteiger partial charge in [0.25, 0.3) is 5.91 Å². The van der Waals surface area contributed by atoms with Gasteiger partial charge in [-0.15, -0.1) is 11.3 Å². The van der Waals surface area contributed by atoms with Crippen LogP contribution in [0.2, 0.25) is 0 Å². The molecule has 1 heterocycles. The molecule has 2 amide bonds. The number of amides is 2. The Kier molecular flexibility index (Phi) is 5.80. The number of carbonyl (C=O) groups excluding carboxylic acids is 2. The minimum Gasteiger partial charge on any atom is -0.481 e. The van der Waals surface area contributed by atoms with Crippen molar-refractivity contribution in [3.05, 3.63) is 16.0 Å². The summed E-state index contributed by atoms with van der Waals surface area (Å²) in [5.41, 5.74) is 1.75. The van der Waals surface area contributed by atoms with Crippen LogP contribution < -0.4 is 10.6 Å². The average Bonchev–Trinajstić information content (AvgIpc) is 3.46. The Morgan fingerprint density at radius 3 is 2.32 bits per heavy atom. The molecule has 2 bridgehead atoms. The number of rotatable bonds is 5. The fraction of sp³-hybridized carbons (Fsp3) is 0.708. The third-order valence-electron chi connectivity index (χ3n) is 8.08. The summed E-state index contributed by atoms with van der Waals surface area (Å²) in [5.74, 6) is -1.93. The summed E-state index contributed by atoms with van der Waals surface area (Å²) in [6.45, 7) is 0. The molecule has 4 atom stereocenters. The van der Waals surface area contributed by atoms with E-state index in [9.17, 15) is 19.5 Å². The molecule has 3 saturated carbocycles. The second-order valence-electron chi connectivity index (χ2n) is 9.94. The number of aliphatic carboxylic acids is 1. The molecule has 0 spiro atoms. The third-order valence-corrected chi connectivity index (χ3v) is 9.29. The van der Waals surface area contributed by atoms with E-state index in [0.717, 1.165) is 76.2 Å². The van der Waals surface area contributed by atoms with Crippen molar-refractivity contribution in [3.63, 3.8) is 0 Å². The highest BCUT2D eigenvalue weighted by molar-refractivity contribution is 7.17. The number of aryl methyl sites for hydroxylation is 1. The number of anilines is 1. The predicted octanol–water partition coefficient (Wildman–Crippen LogP) is 4.37. The molecule has 3 fully saturated rings. The number of carboxylic acid groups (broad SMARTS) is 1. The number of thiophene rings is 1. The van der Waals surface area contributed by atoms with E-state index in [1.165, 1.54) is 22.6 Å². The SMILES string of the molecule is O=C(NC1CCCCC1)c1c(NC(=O)[C@H]2[C@@H]3CC[C@@H](C3)[C@@H]2C(=O)O)sc2c1CCCC2. The molecule has 0 aromatic carbocycles. The molecule has 1 aromatic heterocycles. The van der Waals surface area contributed by atoms with Gasteiger partial charge in [-0.05, 0) is 75.2 Å². The van der Waals surface area contributed by atoms with Gasteiger partial charge >= 0.3 is 5.97 Å². The van der Waals surface area contributed by atoms with Crippen LogP contribution in [0.3, 0.4) is 0 Å². The Labute approximate surface area is 187 Å². The molecule has 31 heavy (non-hydrogen) atoms. The van der Waals surface area contributed by atoms with E-state index in [-0.39, 0.29) is 29.7 Å². The highest BCUT2D eigenvalue weighted by atomic mass is 32.1. The van der Waals surface area contributed by atoms with E-state index in [1.807, 2.05) is 0 Å². The lowest BCUT2D eigenvalue weighted by Crippen LogP contribution is -2.39. The molecule has 0 radical (unpaired) electrons. The van der Waals surface area contributed by atoms with Gasteiger partial charge in [0, 0.05) is 10.9 Å². The van der Waals surface area contributed by atoms with Crippen LogP contribution in [0.1, 0.15) is 85.0 Å². The largest absolute Gasteiger partial charge is 0.481 e. The average molecular weight is 445 g/mol. The fourth-order valence-electron chi connectivity index (χ4n) is 6.62. The lowest BCUT2D eigenvalue weighted by atomic mass is 9.78. The number of carbonyl (C=O) groups is 3. The predicted molar refractivity (Wildman–Crippen MR) is 119 cm³/mol. The zero-order chi connectivity index (χ0) is 21.5. The summed E-state index contributed by atoms with van der Waals surface area (Å²) in [5, 5.41) is 16.7. The molecule has 1 aromatic rings. The molecule has 4 aliphatic carbocycles. The maximum Gasteiger partial charge on any atom is 0.307 e. The van der Waals surface area contributed by atoms with Crippen LogP contribution in [-0.4, -0.2) is 28.9 Å². The summed E-state index contributed by atoms with van der Waals surface area (Å²) < 4.78 is 0. The van der Waals surface area contributed by atoms with Crippen molar-refractivity contribution in [2.75, 3.05) is 5.32 Å². The van der Waals surface area contributed by atoms with Gasteiger partial charge in [-0.25, -0.2) is 0 Å². The van der Waals surface area contributed by atoms with Crippen molar-refractivity contribution in [1.82, 2.24) is 5.32 Å². The minimum absolute atomic E-state index is 0.0654. The smallest absolute Gasteiger partial charge is 0.307 e. The van der Waals surface area contributed by atoms with Crippen molar-refractivity contribution >= 4 is 34.1 Å². The Balaban J connectivity index is 1.39. The first-order chi connectivity index (χ1) is 15.0. The Morgan fingerprint density at radius 2 is 1.58 bits per heavy atom. The number of hydrogen-bond donors (Lipinski definition) is 3. The summed E-state index contributed by atoms with van der Waals surface area (Å²) in [6, 6.07) is 0.214. The van der Waals surface area contributed by atoms with Crippen LogP contribution in [-0.2, 0) is 22.4 Å². The molecule has 3 N–H and O–H groups in total. The standard InChI is InChI=1S/C24H32N2O4S/c27-21(18-13-10-11-14(12-13)19(18)24(29)30)26-23-20(16-8-4-5-9-17(16)31-23)22(28)25-15-6-2-1-3-7-15/h13-15,18-19H,1-12H2,(H,25,28)(H,26,27)(H,29,30)/t13-,14+,18+,19+/m1/s1. The van der Waals surface area contributed by atoms with Gasteiger partial charge in [0.1, 0.15) is 5.00 Å². The lowest BCUT2D eigenvalue weighted by molar-refractivity contribution is -0.148. The molecule has 6 nitrogen and oxygen atoms in total. The molecule has 4 aliphatic rings. The summed E-state index contributed by atoms with van der Waals surface area (Å²) in [7, 11) is 0. The van der Waals surface area contributed by atoms with E-state index in [2.05, 4.69) is 10.6 Å². The van der Waals surface area contributed by atoms with Crippen LogP contribution in [0.15, 0.2) is 0 Å². The summed E-state index contributed by atoms with van der Waals surface area (Å²) >= 11 is 1.53. The van der Waals surface area contributed by atoms with Crippen molar-refractivity contribution in [1.29, 1.82) is 0 Å². The molecule has 7 heteroatoms. The van der Waals surface area contributed by atoms with Crippen molar-refractivity contribution in [3.8, 4) is 0 Å². The molecule has 0 unspecified atom stereocenters. The van der Waals surface area contributed by atoms with E-state index >= 15 is 0 Å². The Morgan fingerprint density at radius 1 is 0.871 bits per heavy atom. The lowest BCUT2D eigenvalue weighted by Gasteiger charge is -2.27. The van der Waals surface area contributed by atoms with Crippen LogP contribution in [0, 0.1) is 23.7 Å². The Hall–Kier alpha value is -1.89. The first kappa shape index (κ1) is 21.0. The minimum atomic E-state index is -0.854. The molecule has 168 valence electrons. The summed E-state index contributed by atoms with van der Waals surface area (Å²) in [6.07, 6.45) is 12.3. The zero-order valence-corrected chi connectivity index (χ0v) is 18.8. The van der Waals surface area contributed by atoms with Gasteiger partial charge in [-0.3, -0.25) is 14.4 Å². The topological polar surface area (TPSA) is 95.5 Å². The maximum absolute atomic E-state index is 13.3. The van der Waals surface area contributed by atoms with E-state index in [4.69, 9.17) is 0 Å². The van der Waals surface area contributed by atoms with Crippen molar-refractivity contribution < 1.29 is 19.5 Å². The van der Waals surface area contributed by atoms with Gasteiger partial charge in [-0.1, -0.05) is 19.3 Å². The number of fused-ring (bicyclic) bond motifs is 3. The first-order valence-electron chi connectivity index (χ1n) is 12.0. The van der Waals surface area contributed by atoms with Gasteiger partial charge in [0.15, 0.2) is 0 Å². The van der Waals surface area contributed by atoms with Gasteiger partial charge < -0.3 is 15.7 Å². The summed E-state index contributed by atoms with van der Waals surface area (Å²) in [4.78, 5) is 39.7. The highest BCUT2D eigenvalue weighted by Gasteiger charge is 2.54. The third kappa shape index (κ3) is 3.90. The molecular formula is C24H32N2O4S. The fourth-order valence-corrected chi connectivity index (χ4v) is 7.91. The van der Waals surface area contributed by atoms with E-state index < -0.39 is 17.8 Å². The van der Waals surface area contributed by atoms with Gasteiger partial charge in [0.05, 0.1) is 17.4 Å². The van der Waals surface area contributed by atoms with E-state index in [1.54, 1.807) is 0 Å². The number of carboxylic acids is 1. The normalized spacial score (nSPS) is 30.1. The molecular weight excluding hydrogens is 412 g/mol. The van der Waals surface area contributed by atoms with Crippen LogP contribution in [0.5, 0.6) is 0 Å². The van der Waals surface area contributed by atoms with Crippen molar-refractivity contribution in [2.45, 2.75) is 83.1 Å². The van der Waals surface area contributed by atoms with Crippen molar-refractivity contribution in [2.24, 2.45) is 23.7 Å². The number of nitrogens with one attached hydrogen (secondary N) is 2. The van der Waals surface area contributed by atoms with E-state index in [0.29, 0.717) is 10.6 Å². The van der Waals surface area contributed by atoms with Crippen LogP contribution in [0.25, 0.3) is 0 Å². The molecule has 0 saturated heterocycles. The monoisotopic (exact) mass is 444 g/mol. The van der Waals surface area contributed by atoms with Crippen LogP contribution in [0.4, 0.5) is 5.00 Å². The highest BCUT2D eigenvalue weighted by Crippen LogP contribution is 2.53. The Bertz CT molecular complexity index is 888. The van der Waals surface area contributed by atoms with Crippen LogP contribution >= 0.6 is 11.3 Å². The van der Waals surface area contributed by atoms with Gasteiger partial charge in [0.2, 0.25) is 5.91 Å². The second-order valence-corrected chi connectivity index (χ2v) is 11.0. The second kappa shape index (κ2) is 8.57. The quantitative estimate of drug-likeness (QED) is 0.628. The van der Waals surface area contributed by atoms with Gasteiger partial charge in [-0.2, -0.15) is 0 Å². The molecule has 5 rings (SSSR count). The number of hydrogen-bond acceptors (Lipinski definition) is 4. The zero-order valence-electron chi connectivity index (χ0n) is 18.0. The maximum atomic E-state index is 13.3.